The first-order chi connectivity index (χ1) is 15.0. The molecular weight excluding hydrogens is 415 g/mol. The summed E-state index contributed by atoms with van der Waals surface area (Å²) in [5.41, 5.74) is 2.12. The summed E-state index contributed by atoms with van der Waals surface area (Å²) in [6.07, 6.45) is 0. The fraction of sp³-hybridized carbons (Fsp3) is 0.348. The molecule has 162 valence electrons. The van der Waals surface area contributed by atoms with Crippen molar-refractivity contribution in [3.63, 3.8) is 0 Å². The number of hydrogen-bond acceptors (Lipinski definition) is 6. The summed E-state index contributed by atoms with van der Waals surface area (Å²) in [6.45, 7) is 6.90. The van der Waals surface area contributed by atoms with E-state index in [9.17, 15) is 9.18 Å². The molecule has 1 aliphatic heterocycles. The van der Waals surface area contributed by atoms with Crippen molar-refractivity contribution in [1.82, 2.24) is 19.9 Å². The van der Waals surface area contributed by atoms with E-state index in [2.05, 4.69) is 15.0 Å². The Morgan fingerprint density at radius 1 is 1.10 bits per heavy atom. The zero-order chi connectivity index (χ0) is 21.8. The normalized spacial score (nSPS) is 15.8. The van der Waals surface area contributed by atoms with Crippen LogP contribution >= 0.6 is 11.8 Å². The number of carbonyl (C=O) groups excluding carboxylic acids is 1. The molecule has 2 aromatic carbocycles. The molecule has 0 saturated carbocycles. The van der Waals surface area contributed by atoms with Crippen LogP contribution in [0, 0.1) is 12.7 Å². The van der Waals surface area contributed by atoms with Gasteiger partial charge in [0.1, 0.15) is 5.82 Å². The van der Waals surface area contributed by atoms with Crippen LogP contribution in [0.15, 0.2) is 57.9 Å². The third-order valence-corrected chi connectivity index (χ3v) is 6.50. The van der Waals surface area contributed by atoms with Crippen LogP contribution in [0.4, 0.5) is 4.39 Å². The minimum absolute atomic E-state index is 0.0162. The summed E-state index contributed by atoms with van der Waals surface area (Å²) in [5, 5.41) is 4.13. The summed E-state index contributed by atoms with van der Waals surface area (Å²) < 4.78 is 18.5. The molecule has 0 N–H and O–H groups in total. The molecule has 1 aromatic heterocycles. The lowest BCUT2D eigenvalue weighted by Crippen LogP contribution is -2.49. The summed E-state index contributed by atoms with van der Waals surface area (Å²) in [4.78, 5) is 22.1. The van der Waals surface area contributed by atoms with Gasteiger partial charge in [-0.1, -0.05) is 35.0 Å². The van der Waals surface area contributed by atoms with Crippen LogP contribution in [0.3, 0.4) is 0 Å². The molecule has 1 fully saturated rings. The van der Waals surface area contributed by atoms with E-state index < -0.39 is 0 Å². The molecule has 0 aliphatic carbocycles. The monoisotopic (exact) mass is 440 g/mol. The maximum atomic E-state index is 13.0. The predicted octanol–water partition coefficient (Wildman–Crippen LogP) is 4.18. The number of thioether (sulfide) groups is 1. The first-order valence-electron chi connectivity index (χ1n) is 10.3. The van der Waals surface area contributed by atoms with Gasteiger partial charge < -0.3 is 9.42 Å². The van der Waals surface area contributed by atoms with E-state index >= 15 is 0 Å². The number of rotatable bonds is 6. The second-order valence-electron chi connectivity index (χ2n) is 7.66. The molecular formula is C23H25FN4O2S. The van der Waals surface area contributed by atoms with E-state index in [4.69, 9.17) is 4.52 Å². The summed E-state index contributed by atoms with van der Waals surface area (Å²) >= 11 is 1.43. The van der Waals surface area contributed by atoms with Gasteiger partial charge in [0.25, 0.3) is 0 Å². The lowest BCUT2D eigenvalue weighted by atomic mass is 10.1. The zero-order valence-electron chi connectivity index (χ0n) is 17.6. The summed E-state index contributed by atoms with van der Waals surface area (Å²) in [7, 11) is 0. The maximum Gasteiger partial charge on any atom is 0.244 e. The first kappa shape index (κ1) is 21.5. The predicted molar refractivity (Wildman–Crippen MR) is 118 cm³/mol. The van der Waals surface area contributed by atoms with Gasteiger partial charge in [0.05, 0.1) is 11.8 Å². The van der Waals surface area contributed by atoms with E-state index in [-0.39, 0.29) is 17.8 Å². The van der Waals surface area contributed by atoms with Gasteiger partial charge in [0.15, 0.2) is 0 Å². The maximum absolute atomic E-state index is 13.0. The number of piperazine rings is 1. The topological polar surface area (TPSA) is 62.5 Å². The average Bonchev–Trinajstić information content (AvgIpc) is 3.29. The Hall–Kier alpha value is -2.71. The van der Waals surface area contributed by atoms with Crippen molar-refractivity contribution in [2.45, 2.75) is 24.8 Å². The standard InChI is InChI=1S/C23H25FN4O2S/c1-16-3-5-18(6-4-16)22-25-23(30-26-22)17(2)27-11-13-28(14-12-27)21(29)15-31-20-9-7-19(24)8-10-20/h3-10,17H,11-15H2,1-2H3. The van der Waals surface area contributed by atoms with E-state index in [1.165, 1.54) is 29.5 Å². The number of hydrogen-bond donors (Lipinski definition) is 0. The fourth-order valence-electron chi connectivity index (χ4n) is 3.51. The van der Waals surface area contributed by atoms with Gasteiger partial charge in [-0.25, -0.2) is 4.39 Å². The van der Waals surface area contributed by atoms with E-state index in [0.717, 1.165) is 23.5 Å². The molecule has 6 nitrogen and oxygen atoms in total. The smallest absolute Gasteiger partial charge is 0.244 e. The van der Waals surface area contributed by atoms with Gasteiger partial charge in [-0.3, -0.25) is 9.69 Å². The first-order valence-corrected chi connectivity index (χ1v) is 11.3. The van der Waals surface area contributed by atoms with Crippen LogP contribution in [0.25, 0.3) is 11.4 Å². The second kappa shape index (κ2) is 9.62. The Morgan fingerprint density at radius 3 is 2.45 bits per heavy atom. The zero-order valence-corrected chi connectivity index (χ0v) is 18.4. The van der Waals surface area contributed by atoms with Crippen molar-refractivity contribution in [3.8, 4) is 11.4 Å². The van der Waals surface area contributed by atoms with Crippen LogP contribution in [0.5, 0.6) is 0 Å². The molecule has 8 heteroatoms. The van der Waals surface area contributed by atoms with Crippen LogP contribution in [-0.2, 0) is 4.79 Å². The Morgan fingerprint density at radius 2 is 1.77 bits per heavy atom. The third-order valence-electron chi connectivity index (χ3n) is 5.50. The molecule has 1 saturated heterocycles. The van der Waals surface area contributed by atoms with Gasteiger partial charge in [0.2, 0.25) is 17.6 Å². The average molecular weight is 441 g/mol. The Labute approximate surface area is 185 Å². The number of nitrogens with zero attached hydrogens (tertiary/aromatic N) is 4. The van der Waals surface area contributed by atoms with Gasteiger partial charge in [0, 0.05) is 36.6 Å². The van der Waals surface area contributed by atoms with Crippen LogP contribution in [0.2, 0.25) is 0 Å². The number of aryl methyl sites for hydroxylation is 1. The second-order valence-corrected chi connectivity index (χ2v) is 8.71. The summed E-state index contributed by atoms with van der Waals surface area (Å²) in [5.74, 6) is 1.36. The van der Waals surface area contributed by atoms with Crippen LogP contribution in [0.1, 0.15) is 24.4 Å². The molecule has 1 unspecified atom stereocenters. The number of halogens is 1. The SMILES string of the molecule is Cc1ccc(-c2noc(C(C)N3CCN(C(=O)CSc4ccc(F)cc4)CC3)n2)cc1. The minimum atomic E-state index is -0.270. The molecule has 31 heavy (non-hydrogen) atoms. The quantitative estimate of drug-likeness (QED) is 0.536. The van der Waals surface area contributed by atoms with E-state index in [0.29, 0.717) is 30.6 Å². The van der Waals surface area contributed by atoms with Crippen molar-refractivity contribution in [3.05, 3.63) is 65.8 Å². The highest BCUT2D eigenvalue weighted by atomic mass is 32.2. The molecule has 1 aliphatic rings. The van der Waals surface area contributed by atoms with Gasteiger partial charge >= 0.3 is 0 Å². The largest absolute Gasteiger partial charge is 0.339 e. The molecule has 0 bridgehead atoms. The third kappa shape index (κ3) is 5.32. The van der Waals surface area contributed by atoms with E-state index in [1.54, 1.807) is 12.1 Å². The minimum Gasteiger partial charge on any atom is -0.339 e. The van der Waals surface area contributed by atoms with Gasteiger partial charge in [-0.15, -0.1) is 11.8 Å². The molecule has 1 amide bonds. The molecule has 1 atom stereocenters. The highest BCUT2D eigenvalue weighted by Gasteiger charge is 2.27. The van der Waals surface area contributed by atoms with Crippen molar-refractivity contribution in [2.24, 2.45) is 0 Å². The number of amides is 1. The van der Waals surface area contributed by atoms with Crippen LogP contribution < -0.4 is 0 Å². The lowest BCUT2D eigenvalue weighted by Gasteiger charge is -2.36. The van der Waals surface area contributed by atoms with Crippen molar-refractivity contribution < 1.29 is 13.7 Å². The van der Waals surface area contributed by atoms with Crippen molar-refractivity contribution in [2.75, 3.05) is 31.9 Å². The number of carbonyl (C=O) groups is 1. The molecule has 0 radical (unpaired) electrons. The molecule has 3 aromatic rings. The Bertz CT molecular complexity index is 1010. The molecule has 0 spiro atoms. The highest BCUT2D eigenvalue weighted by molar-refractivity contribution is 8.00. The van der Waals surface area contributed by atoms with Gasteiger partial charge in [-0.05, 0) is 38.1 Å². The molecule has 4 rings (SSSR count). The van der Waals surface area contributed by atoms with Gasteiger partial charge in [-0.2, -0.15) is 4.98 Å². The Kier molecular flexibility index (Phi) is 6.67. The van der Waals surface area contributed by atoms with Crippen molar-refractivity contribution >= 4 is 17.7 Å². The van der Waals surface area contributed by atoms with Crippen LogP contribution in [-0.4, -0.2) is 57.8 Å². The van der Waals surface area contributed by atoms with E-state index in [1.807, 2.05) is 43.0 Å². The van der Waals surface area contributed by atoms with Crippen molar-refractivity contribution in [1.29, 1.82) is 0 Å². The highest BCUT2D eigenvalue weighted by Crippen LogP contribution is 2.24. The fourth-order valence-corrected chi connectivity index (χ4v) is 4.31. The lowest BCUT2D eigenvalue weighted by molar-refractivity contribution is -0.130. The number of aromatic nitrogens is 2. The summed E-state index contributed by atoms with van der Waals surface area (Å²) in [6, 6.07) is 14.2. The number of benzene rings is 2. The Balaban J connectivity index is 1.28. The molecule has 2 heterocycles.